The molecule has 2 atom stereocenters. The average molecular weight is 337 g/mol. The van der Waals surface area contributed by atoms with Crippen LogP contribution in [0, 0.1) is 18.3 Å². The molecule has 0 amide bonds. The van der Waals surface area contributed by atoms with Crippen LogP contribution in [-0.2, 0) is 16.0 Å². The fourth-order valence-electron chi connectivity index (χ4n) is 4.11. The number of hydrogen-bond acceptors (Lipinski definition) is 5. The zero-order valence-corrected chi connectivity index (χ0v) is 14.9. The van der Waals surface area contributed by atoms with Gasteiger partial charge in [0.1, 0.15) is 5.01 Å². The van der Waals surface area contributed by atoms with Crippen LogP contribution in [-0.4, -0.2) is 48.9 Å². The Kier molecular flexibility index (Phi) is 4.72. The first-order chi connectivity index (χ1) is 11.2. The van der Waals surface area contributed by atoms with Crippen LogP contribution in [0.15, 0.2) is 5.38 Å². The molecule has 3 fully saturated rings. The minimum Gasteiger partial charge on any atom is -0.380 e. The van der Waals surface area contributed by atoms with Gasteiger partial charge in [0.15, 0.2) is 0 Å². The lowest BCUT2D eigenvalue weighted by Crippen LogP contribution is -2.56. The van der Waals surface area contributed by atoms with E-state index >= 15 is 0 Å². The zero-order chi connectivity index (χ0) is 15.7. The van der Waals surface area contributed by atoms with E-state index in [0.29, 0.717) is 6.10 Å². The number of aromatic nitrogens is 1. The Labute approximate surface area is 143 Å². The van der Waals surface area contributed by atoms with E-state index < -0.39 is 0 Å². The number of thiazole rings is 1. The molecule has 0 unspecified atom stereocenters. The molecule has 23 heavy (non-hydrogen) atoms. The minimum absolute atomic E-state index is 0.206. The third-order valence-corrected chi connectivity index (χ3v) is 6.48. The Morgan fingerprint density at radius 1 is 1.43 bits per heavy atom. The SMILES string of the molecule is Cc1csc(CN2CC[C@H]3OCCC[C@]3(COCC3CC3)C2)n1. The van der Waals surface area contributed by atoms with Crippen molar-refractivity contribution in [2.45, 2.75) is 51.7 Å². The molecule has 2 saturated heterocycles. The number of ether oxygens (including phenoxy) is 2. The molecule has 4 nitrogen and oxygen atoms in total. The average Bonchev–Trinajstić information content (AvgIpc) is 3.28. The van der Waals surface area contributed by atoms with Crippen molar-refractivity contribution in [2.24, 2.45) is 11.3 Å². The van der Waals surface area contributed by atoms with Crippen molar-refractivity contribution in [2.75, 3.05) is 32.9 Å². The summed E-state index contributed by atoms with van der Waals surface area (Å²) < 4.78 is 12.3. The maximum atomic E-state index is 6.14. The highest BCUT2D eigenvalue weighted by atomic mass is 32.1. The minimum atomic E-state index is 0.206. The maximum absolute atomic E-state index is 6.14. The van der Waals surface area contributed by atoms with Crippen LogP contribution in [0.1, 0.15) is 42.8 Å². The molecule has 0 aromatic carbocycles. The van der Waals surface area contributed by atoms with Crippen LogP contribution in [0.4, 0.5) is 0 Å². The first kappa shape index (κ1) is 16.0. The van der Waals surface area contributed by atoms with Crippen molar-refractivity contribution in [1.82, 2.24) is 9.88 Å². The van der Waals surface area contributed by atoms with E-state index in [1.165, 1.54) is 30.7 Å². The van der Waals surface area contributed by atoms with Crippen LogP contribution in [0.5, 0.6) is 0 Å². The third kappa shape index (κ3) is 3.78. The maximum Gasteiger partial charge on any atom is 0.107 e. The van der Waals surface area contributed by atoms with E-state index in [0.717, 1.165) is 57.5 Å². The Morgan fingerprint density at radius 3 is 3.13 bits per heavy atom. The number of nitrogens with zero attached hydrogens (tertiary/aromatic N) is 2. The Bertz CT molecular complexity index is 531. The van der Waals surface area contributed by atoms with Gasteiger partial charge in [-0.15, -0.1) is 11.3 Å². The second kappa shape index (κ2) is 6.79. The summed E-state index contributed by atoms with van der Waals surface area (Å²) in [6.45, 7) is 8.04. The number of aryl methyl sites for hydroxylation is 1. The molecule has 0 bridgehead atoms. The fourth-order valence-corrected chi connectivity index (χ4v) is 4.92. The van der Waals surface area contributed by atoms with Gasteiger partial charge >= 0.3 is 0 Å². The number of rotatable bonds is 6. The van der Waals surface area contributed by atoms with Gasteiger partial charge in [-0.05, 0) is 44.9 Å². The molecular weight excluding hydrogens is 308 g/mol. The molecule has 0 spiro atoms. The molecule has 1 aromatic rings. The Hall–Kier alpha value is -0.490. The van der Waals surface area contributed by atoms with Crippen LogP contribution < -0.4 is 0 Å². The predicted molar refractivity (Wildman–Crippen MR) is 91.7 cm³/mol. The van der Waals surface area contributed by atoms with Crippen LogP contribution in [0.2, 0.25) is 0 Å². The van der Waals surface area contributed by atoms with Gasteiger partial charge in [-0.1, -0.05) is 0 Å². The molecule has 1 saturated carbocycles. The first-order valence-electron chi connectivity index (χ1n) is 9.06. The van der Waals surface area contributed by atoms with E-state index in [-0.39, 0.29) is 5.41 Å². The summed E-state index contributed by atoms with van der Waals surface area (Å²) in [5.74, 6) is 0.840. The summed E-state index contributed by atoms with van der Waals surface area (Å²) >= 11 is 1.79. The van der Waals surface area contributed by atoms with Crippen molar-refractivity contribution < 1.29 is 9.47 Å². The van der Waals surface area contributed by atoms with Gasteiger partial charge in [0.05, 0.1) is 19.3 Å². The van der Waals surface area contributed by atoms with Crippen LogP contribution in [0.3, 0.4) is 0 Å². The molecule has 128 valence electrons. The summed E-state index contributed by atoms with van der Waals surface area (Å²) in [4.78, 5) is 7.21. The van der Waals surface area contributed by atoms with Gasteiger partial charge in [-0.3, -0.25) is 4.90 Å². The van der Waals surface area contributed by atoms with E-state index in [9.17, 15) is 0 Å². The molecule has 5 heteroatoms. The quantitative estimate of drug-likeness (QED) is 0.799. The largest absolute Gasteiger partial charge is 0.380 e. The summed E-state index contributed by atoms with van der Waals surface area (Å²) in [6.07, 6.45) is 6.68. The molecule has 1 aliphatic carbocycles. The molecule has 1 aromatic heterocycles. The number of likely N-dealkylation sites (tertiary alicyclic amines) is 1. The summed E-state index contributed by atoms with van der Waals surface area (Å²) in [5.41, 5.74) is 1.35. The first-order valence-corrected chi connectivity index (χ1v) is 9.94. The van der Waals surface area contributed by atoms with E-state index in [4.69, 9.17) is 9.47 Å². The Morgan fingerprint density at radius 2 is 2.35 bits per heavy atom. The second-order valence-electron chi connectivity index (χ2n) is 7.67. The second-order valence-corrected chi connectivity index (χ2v) is 8.61. The molecule has 0 N–H and O–H groups in total. The highest BCUT2D eigenvalue weighted by molar-refractivity contribution is 7.09. The lowest BCUT2D eigenvalue weighted by Gasteiger charge is -2.50. The van der Waals surface area contributed by atoms with Gasteiger partial charge < -0.3 is 9.47 Å². The Balaban J connectivity index is 1.40. The lowest BCUT2D eigenvalue weighted by atomic mass is 9.73. The van der Waals surface area contributed by atoms with Crippen molar-refractivity contribution in [3.05, 3.63) is 16.1 Å². The molecular formula is C18H28N2O2S. The van der Waals surface area contributed by atoms with Gasteiger partial charge in [0.25, 0.3) is 0 Å². The molecule has 3 aliphatic rings. The van der Waals surface area contributed by atoms with Crippen molar-refractivity contribution in [1.29, 1.82) is 0 Å². The van der Waals surface area contributed by atoms with Gasteiger partial charge in [0.2, 0.25) is 0 Å². The smallest absolute Gasteiger partial charge is 0.107 e. The monoisotopic (exact) mass is 336 g/mol. The highest BCUT2D eigenvalue weighted by Crippen LogP contribution is 2.41. The molecule has 0 radical (unpaired) electrons. The van der Waals surface area contributed by atoms with E-state index in [1.54, 1.807) is 11.3 Å². The number of piperidine rings is 1. The van der Waals surface area contributed by atoms with Gasteiger partial charge in [-0.2, -0.15) is 0 Å². The standard InChI is InChI=1S/C18H28N2O2S/c1-14-11-23-17(19-14)9-20-7-5-16-18(12-20,6-2-8-22-16)13-21-10-15-3-4-15/h11,15-16H,2-10,12-13H2,1H3/t16-,18-/m1/s1. The predicted octanol–water partition coefficient (Wildman–Crippen LogP) is 3.25. The summed E-state index contributed by atoms with van der Waals surface area (Å²) in [5, 5.41) is 3.40. The molecule has 4 rings (SSSR count). The van der Waals surface area contributed by atoms with E-state index in [2.05, 4.69) is 22.2 Å². The summed E-state index contributed by atoms with van der Waals surface area (Å²) in [6, 6.07) is 0. The van der Waals surface area contributed by atoms with Crippen LogP contribution >= 0.6 is 11.3 Å². The normalized spacial score (nSPS) is 32.0. The van der Waals surface area contributed by atoms with Crippen molar-refractivity contribution in [3.8, 4) is 0 Å². The summed E-state index contributed by atoms with van der Waals surface area (Å²) in [7, 11) is 0. The third-order valence-electron chi connectivity index (χ3n) is 5.53. The van der Waals surface area contributed by atoms with Crippen LogP contribution in [0.25, 0.3) is 0 Å². The number of hydrogen-bond donors (Lipinski definition) is 0. The van der Waals surface area contributed by atoms with E-state index in [1.807, 2.05) is 0 Å². The zero-order valence-electron chi connectivity index (χ0n) is 14.1. The van der Waals surface area contributed by atoms with Gasteiger partial charge in [0, 0.05) is 42.8 Å². The fraction of sp³-hybridized carbons (Fsp3) is 0.833. The topological polar surface area (TPSA) is 34.6 Å². The molecule has 3 heterocycles. The lowest BCUT2D eigenvalue weighted by molar-refractivity contribution is -0.154. The highest BCUT2D eigenvalue weighted by Gasteiger charge is 2.46. The van der Waals surface area contributed by atoms with Crippen molar-refractivity contribution >= 4 is 11.3 Å². The van der Waals surface area contributed by atoms with Crippen molar-refractivity contribution in [3.63, 3.8) is 0 Å². The van der Waals surface area contributed by atoms with Gasteiger partial charge in [-0.25, -0.2) is 4.98 Å². The molecule has 2 aliphatic heterocycles. The number of fused-ring (bicyclic) bond motifs is 1.